The number of hydrogen-bond donors (Lipinski definition) is 1. The zero-order chi connectivity index (χ0) is 9.97. The van der Waals surface area contributed by atoms with Crippen molar-refractivity contribution in [2.75, 3.05) is 0 Å². The highest BCUT2D eigenvalue weighted by Crippen LogP contribution is 2.44. The topological polar surface area (TPSA) is 37.3 Å². The lowest BCUT2D eigenvalue weighted by Gasteiger charge is -2.02. The van der Waals surface area contributed by atoms with E-state index in [1.165, 1.54) is 18.9 Å². The highest BCUT2D eigenvalue weighted by Gasteiger charge is 2.25. The first kappa shape index (κ1) is 9.00. The van der Waals surface area contributed by atoms with Crippen LogP contribution in [0, 0.1) is 0 Å². The molecular weight excluding hydrogens is 176 g/mol. The lowest BCUT2D eigenvalue weighted by molar-refractivity contribution is -0.104. The lowest BCUT2D eigenvalue weighted by Crippen LogP contribution is -1.82. The van der Waals surface area contributed by atoms with Crippen LogP contribution in [0.25, 0.3) is 6.08 Å². The van der Waals surface area contributed by atoms with Gasteiger partial charge in [-0.05, 0) is 42.0 Å². The Kier molecular flexibility index (Phi) is 2.35. The maximum atomic E-state index is 10.1. The number of carbonyl (C=O) groups excluding carboxylic acids is 1. The first-order valence-corrected chi connectivity index (χ1v) is 4.76. The second-order valence-electron chi connectivity index (χ2n) is 3.59. The molecule has 0 unspecified atom stereocenters. The third-order valence-corrected chi connectivity index (χ3v) is 2.44. The average molecular weight is 188 g/mol. The summed E-state index contributed by atoms with van der Waals surface area (Å²) in [5.41, 5.74) is 1.90. The van der Waals surface area contributed by atoms with Crippen molar-refractivity contribution in [2.45, 2.75) is 18.8 Å². The first-order valence-electron chi connectivity index (χ1n) is 4.76. The molecule has 1 aromatic carbocycles. The molecule has 72 valence electrons. The van der Waals surface area contributed by atoms with Crippen molar-refractivity contribution in [1.82, 2.24) is 0 Å². The molecule has 1 aromatic rings. The fourth-order valence-electron chi connectivity index (χ4n) is 1.55. The molecule has 0 radical (unpaired) electrons. The van der Waals surface area contributed by atoms with Crippen LogP contribution in [0.4, 0.5) is 0 Å². The lowest BCUT2D eigenvalue weighted by atomic mass is 10.1. The SMILES string of the molecule is O=C/C=C/c1ccc(C2CC2)c(O)c1. The summed E-state index contributed by atoms with van der Waals surface area (Å²) in [4.78, 5) is 10.1. The molecule has 0 aromatic heterocycles. The van der Waals surface area contributed by atoms with Crippen LogP contribution in [0.3, 0.4) is 0 Å². The van der Waals surface area contributed by atoms with E-state index in [-0.39, 0.29) is 0 Å². The second-order valence-corrected chi connectivity index (χ2v) is 3.59. The molecule has 1 aliphatic rings. The molecule has 1 fully saturated rings. The van der Waals surface area contributed by atoms with Gasteiger partial charge in [-0.3, -0.25) is 4.79 Å². The standard InChI is InChI=1S/C12H12O2/c13-7-1-2-9-3-6-11(10-4-5-10)12(14)8-9/h1-3,6-8,10,14H,4-5H2/b2-1+. The Hall–Kier alpha value is -1.57. The fourth-order valence-corrected chi connectivity index (χ4v) is 1.55. The minimum atomic E-state index is 0.348. The molecule has 0 atom stereocenters. The quantitative estimate of drug-likeness (QED) is 0.584. The van der Waals surface area contributed by atoms with Crippen molar-refractivity contribution in [1.29, 1.82) is 0 Å². The van der Waals surface area contributed by atoms with Gasteiger partial charge in [-0.1, -0.05) is 18.2 Å². The van der Waals surface area contributed by atoms with E-state index in [4.69, 9.17) is 0 Å². The van der Waals surface area contributed by atoms with E-state index in [0.717, 1.165) is 17.4 Å². The Balaban J connectivity index is 2.25. The van der Waals surface area contributed by atoms with Crippen molar-refractivity contribution in [2.24, 2.45) is 0 Å². The molecule has 0 aliphatic heterocycles. The van der Waals surface area contributed by atoms with E-state index in [1.54, 1.807) is 12.1 Å². The summed E-state index contributed by atoms with van der Waals surface area (Å²) in [6.07, 6.45) is 6.19. The van der Waals surface area contributed by atoms with Gasteiger partial charge in [0.1, 0.15) is 12.0 Å². The van der Waals surface area contributed by atoms with Crippen LogP contribution in [-0.2, 0) is 4.79 Å². The summed E-state index contributed by atoms with van der Waals surface area (Å²) < 4.78 is 0. The summed E-state index contributed by atoms with van der Waals surface area (Å²) in [5, 5.41) is 9.68. The van der Waals surface area contributed by atoms with Crippen molar-refractivity contribution >= 4 is 12.4 Å². The van der Waals surface area contributed by atoms with Crippen molar-refractivity contribution in [3.8, 4) is 5.75 Å². The van der Waals surface area contributed by atoms with Crippen LogP contribution in [0.2, 0.25) is 0 Å². The normalized spacial score (nSPS) is 16.0. The molecule has 1 aliphatic carbocycles. The number of aldehydes is 1. The van der Waals surface area contributed by atoms with Gasteiger partial charge in [0.15, 0.2) is 0 Å². The predicted molar refractivity (Wildman–Crippen MR) is 55.2 cm³/mol. The zero-order valence-electron chi connectivity index (χ0n) is 7.81. The number of carbonyl (C=O) groups is 1. The van der Waals surface area contributed by atoms with Gasteiger partial charge in [0.25, 0.3) is 0 Å². The van der Waals surface area contributed by atoms with Gasteiger partial charge >= 0.3 is 0 Å². The van der Waals surface area contributed by atoms with Crippen LogP contribution in [-0.4, -0.2) is 11.4 Å². The fraction of sp³-hybridized carbons (Fsp3) is 0.250. The molecule has 0 saturated heterocycles. The number of aromatic hydroxyl groups is 1. The second kappa shape index (κ2) is 3.66. The van der Waals surface area contributed by atoms with Crippen LogP contribution in [0.5, 0.6) is 5.75 Å². The number of phenolic OH excluding ortho intramolecular Hbond substituents is 1. The predicted octanol–water partition coefficient (Wildman–Crippen LogP) is 2.48. The molecule has 1 N–H and O–H groups in total. The number of hydrogen-bond acceptors (Lipinski definition) is 2. The van der Waals surface area contributed by atoms with Gasteiger partial charge in [-0.15, -0.1) is 0 Å². The van der Waals surface area contributed by atoms with Gasteiger partial charge in [0.05, 0.1) is 0 Å². The number of rotatable bonds is 3. The molecule has 2 nitrogen and oxygen atoms in total. The zero-order valence-corrected chi connectivity index (χ0v) is 7.81. The summed E-state index contributed by atoms with van der Waals surface area (Å²) >= 11 is 0. The van der Waals surface area contributed by atoms with Gasteiger partial charge in [0.2, 0.25) is 0 Å². The molecule has 0 heterocycles. The molecule has 14 heavy (non-hydrogen) atoms. The summed E-state index contributed by atoms with van der Waals surface area (Å²) in [6, 6.07) is 5.57. The Morgan fingerprint density at radius 2 is 2.14 bits per heavy atom. The average Bonchev–Trinajstić information content (AvgIpc) is 2.98. The Labute approximate surface area is 82.9 Å². The van der Waals surface area contributed by atoms with Crippen LogP contribution in [0.1, 0.15) is 29.9 Å². The highest BCUT2D eigenvalue weighted by molar-refractivity contribution is 5.74. The third-order valence-electron chi connectivity index (χ3n) is 2.44. The van der Waals surface area contributed by atoms with Gasteiger partial charge in [-0.25, -0.2) is 0 Å². The summed E-state index contributed by atoms with van der Waals surface area (Å²) in [5.74, 6) is 0.902. The third kappa shape index (κ3) is 1.84. The first-order chi connectivity index (χ1) is 6.81. The largest absolute Gasteiger partial charge is 0.508 e. The van der Waals surface area contributed by atoms with Crippen LogP contribution < -0.4 is 0 Å². The van der Waals surface area contributed by atoms with Gasteiger partial charge in [0, 0.05) is 0 Å². The Bertz CT molecular complexity index is 376. The van der Waals surface area contributed by atoms with E-state index < -0.39 is 0 Å². The maximum Gasteiger partial charge on any atom is 0.142 e. The van der Waals surface area contributed by atoms with Crippen molar-refractivity contribution < 1.29 is 9.90 Å². The van der Waals surface area contributed by atoms with E-state index >= 15 is 0 Å². The van der Waals surface area contributed by atoms with Gasteiger partial charge < -0.3 is 5.11 Å². The summed E-state index contributed by atoms with van der Waals surface area (Å²) in [7, 11) is 0. The molecule has 2 rings (SSSR count). The number of allylic oxidation sites excluding steroid dienone is 1. The van der Waals surface area contributed by atoms with E-state index in [0.29, 0.717) is 11.7 Å². The Morgan fingerprint density at radius 1 is 1.36 bits per heavy atom. The molecule has 0 amide bonds. The van der Waals surface area contributed by atoms with Crippen LogP contribution in [0.15, 0.2) is 24.3 Å². The molecule has 0 bridgehead atoms. The number of benzene rings is 1. The monoisotopic (exact) mass is 188 g/mol. The highest BCUT2D eigenvalue weighted by atomic mass is 16.3. The number of phenols is 1. The van der Waals surface area contributed by atoms with Gasteiger partial charge in [-0.2, -0.15) is 0 Å². The van der Waals surface area contributed by atoms with E-state index in [1.807, 2.05) is 12.1 Å². The minimum Gasteiger partial charge on any atom is -0.508 e. The van der Waals surface area contributed by atoms with Crippen molar-refractivity contribution in [3.05, 3.63) is 35.4 Å². The molecule has 0 spiro atoms. The molecule has 1 saturated carbocycles. The van der Waals surface area contributed by atoms with Crippen LogP contribution >= 0.6 is 0 Å². The maximum absolute atomic E-state index is 10.1. The summed E-state index contributed by atoms with van der Waals surface area (Å²) in [6.45, 7) is 0. The Morgan fingerprint density at radius 3 is 2.71 bits per heavy atom. The molecular formula is C12H12O2. The smallest absolute Gasteiger partial charge is 0.142 e. The van der Waals surface area contributed by atoms with Crippen molar-refractivity contribution in [3.63, 3.8) is 0 Å². The van der Waals surface area contributed by atoms with E-state index in [9.17, 15) is 9.90 Å². The minimum absolute atomic E-state index is 0.348. The van der Waals surface area contributed by atoms with E-state index in [2.05, 4.69) is 0 Å². The molecule has 2 heteroatoms.